The molecule has 1 saturated heterocycles. The zero-order valence-corrected chi connectivity index (χ0v) is 15.8. The number of benzene rings is 1. The number of nitrogens with one attached hydrogen (secondary N) is 2. The number of aromatic nitrogens is 2. The lowest BCUT2D eigenvalue weighted by Crippen LogP contribution is -2.40. The quantitative estimate of drug-likeness (QED) is 0.804. The molecule has 8 nitrogen and oxygen atoms in total. The van der Waals surface area contributed by atoms with Crippen LogP contribution >= 0.6 is 0 Å². The Morgan fingerprint density at radius 3 is 2.67 bits per heavy atom. The number of imidazole rings is 1. The van der Waals surface area contributed by atoms with Crippen LogP contribution in [0.25, 0.3) is 0 Å². The highest BCUT2D eigenvalue weighted by molar-refractivity contribution is 7.89. The van der Waals surface area contributed by atoms with Gasteiger partial charge in [0, 0.05) is 24.7 Å². The summed E-state index contributed by atoms with van der Waals surface area (Å²) >= 11 is 0. The smallest absolute Gasteiger partial charge is 0.273 e. The van der Waals surface area contributed by atoms with Crippen molar-refractivity contribution in [2.24, 2.45) is 0 Å². The maximum atomic E-state index is 14.2. The number of carbonyl (C=O) groups is 1. The zero-order valence-electron chi connectivity index (χ0n) is 15.0. The summed E-state index contributed by atoms with van der Waals surface area (Å²) < 4.78 is 45.9. The predicted octanol–water partition coefficient (Wildman–Crippen LogP) is 1.95. The molecule has 0 radical (unpaired) electrons. The summed E-state index contributed by atoms with van der Waals surface area (Å²) in [6.45, 7) is 4.70. The molecule has 10 heteroatoms. The van der Waals surface area contributed by atoms with Gasteiger partial charge in [0.05, 0.1) is 19.4 Å². The molecule has 2 N–H and O–H groups in total. The molecule has 1 aromatic carbocycles. The van der Waals surface area contributed by atoms with Crippen molar-refractivity contribution in [3.63, 3.8) is 0 Å². The van der Waals surface area contributed by atoms with Gasteiger partial charge >= 0.3 is 0 Å². The third-order valence-electron chi connectivity index (χ3n) is 4.16. The van der Waals surface area contributed by atoms with Crippen molar-refractivity contribution in [3.8, 4) is 0 Å². The molecule has 1 amide bonds. The van der Waals surface area contributed by atoms with E-state index in [0.717, 1.165) is 12.1 Å². The summed E-state index contributed by atoms with van der Waals surface area (Å²) in [6, 6.07) is 3.46. The fourth-order valence-corrected chi connectivity index (χ4v) is 4.15. The van der Waals surface area contributed by atoms with Gasteiger partial charge in [0.2, 0.25) is 10.0 Å². The van der Waals surface area contributed by atoms with E-state index in [4.69, 9.17) is 4.74 Å². The molecule has 27 heavy (non-hydrogen) atoms. The van der Waals surface area contributed by atoms with Crippen LogP contribution in [0.2, 0.25) is 0 Å². The van der Waals surface area contributed by atoms with E-state index < -0.39 is 26.6 Å². The number of aromatic amines is 1. The van der Waals surface area contributed by atoms with Crippen LogP contribution in [-0.4, -0.2) is 54.9 Å². The van der Waals surface area contributed by atoms with Gasteiger partial charge < -0.3 is 15.0 Å². The van der Waals surface area contributed by atoms with Gasteiger partial charge in [-0.15, -0.1) is 0 Å². The highest BCUT2D eigenvalue weighted by atomic mass is 32.2. The minimum absolute atomic E-state index is 0.127. The molecule has 1 aliphatic rings. The molecule has 3 rings (SSSR count). The first-order chi connectivity index (χ1) is 12.8. The Morgan fingerprint density at radius 1 is 1.33 bits per heavy atom. The summed E-state index contributed by atoms with van der Waals surface area (Å²) in [5.41, 5.74) is 0.412. The number of morpholine rings is 1. The minimum atomic E-state index is -4.02. The van der Waals surface area contributed by atoms with E-state index in [1.807, 2.05) is 13.8 Å². The van der Waals surface area contributed by atoms with Crippen LogP contribution in [-0.2, 0) is 14.8 Å². The molecule has 0 saturated carbocycles. The number of sulfonamides is 1. The summed E-state index contributed by atoms with van der Waals surface area (Å²) in [6.07, 6.45) is 1.40. The number of rotatable bonds is 5. The first-order valence-electron chi connectivity index (χ1n) is 8.52. The minimum Gasteiger partial charge on any atom is -0.379 e. The van der Waals surface area contributed by atoms with Crippen molar-refractivity contribution in [2.75, 3.05) is 31.6 Å². The molecule has 1 fully saturated rings. The number of H-pyrrole nitrogens is 1. The Hall–Kier alpha value is -2.30. The van der Waals surface area contributed by atoms with Gasteiger partial charge in [-0.1, -0.05) is 13.8 Å². The number of amides is 1. The Labute approximate surface area is 156 Å². The van der Waals surface area contributed by atoms with E-state index in [9.17, 15) is 17.6 Å². The first kappa shape index (κ1) is 19.5. The van der Waals surface area contributed by atoms with Crippen LogP contribution in [0.1, 0.15) is 36.1 Å². The lowest BCUT2D eigenvalue weighted by molar-refractivity contribution is 0.0729. The number of anilines is 1. The molecule has 0 atom stereocenters. The number of carbonyl (C=O) groups excluding carboxylic acids is 1. The third kappa shape index (κ3) is 4.18. The van der Waals surface area contributed by atoms with Gasteiger partial charge in [0.15, 0.2) is 0 Å². The van der Waals surface area contributed by atoms with Crippen LogP contribution < -0.4 is 5.32 Å². The zero-order chi connectivity index (χ0) is 19.6. The molecule has 1 aromatic heterocycles. The lowest BCUT2D eigenvalue weighted by atomic mass is 10.2. The molecule has 0 bridgehead atoms. The number of halogens is 1. The standard InChI is InChI=1S/C17H21FN4O4S/c1-11(2)16-19-10-14(21-16)17(23)20-12-3-4-13(18)15(9-12)27(24,25)22-5-7-26-8-6-22/h3-4,9-11H,5-8H2,1-2H3,(H,19,21)(H,20,23). The molecule has 0 unspecified atom stereocenters. The average molecular weight is 396 g/mol. The van der Waals surface area contributed by atoms with Gasteiger partial charge in [-0.25, -0.2) is 17.8 Å². The van der Waals surface area contributed by atoms with Crippen molar-refractivity contribution in [2.45, 2.75) is 24.7 Å². The summed E-state index contributed by atoms with van der Waals surface area (Å²) in [5, 5.41) is 2.57. The van der Waals surface area contributed by atoms with Crippen molar-refractivity contribution < 1.29 is 22.3 Å². The second kappa shape index (κ2) is 7.75. The summed E-state index contributed by atoms with van der Waals surface area (Å²) in [4.78, 5) is 18.9. The Morgan fingerprint density at radius 2 is 2.04 bits per heavy atom. The van der Waals surface area contributed by atoms with Gasteiger partial charge in [-0.05, 0) is 18.2 Å². The SMILES string of the molecule is CC(C)c1ncc(C(=O)Nc2ccc(F)c(S(=O)(=O)N3CCOCC3)c2)[nH]1. The van der Waals surface area contributed by atoms with Crippen LogP contribution in [0.3, 0.4) is 0 Å². The maximum Gasteiger partial charge on any atom is 0.273 e. The fourth-order valence-electron chi connectivity index (χ4n) is 2.65. The summed E-state index contributed by atoms with van der Waals surface area (Å²) in [5.74, 6) is -0.573. The Bertz CT molecular complexity index is 936. The van der Waals surface area contributed by atoms with E-state index in [2.05, 4.69) is 15.3 Å². The molecule has 2 aromatic rings. The van der Waals surface area contributed by atoms with Crippen LogP contribution in [0.5, 0.6) is 0 Å². The molecule has 2 heterocycles. The van der Waals surface area contributed by atoms with E-state index in [1.54, 1.807) is 0 Å². The normalized spacial score (nSPS) is 15.9. The molecular formula is C17H21FN4O4S. The number of hydrogen-bond donors (Lipinski definition) is 2. The van der Waals surface area contributed by atoms with E-state index in [1.165, 1.54) is 16.6 Å². The van der Waals surface area contributed by atoms with Crippen molar-refractivity contribution in [1.82, 2.24) is 14.3 Å². The topological polar surface area (TPSA) is 104 Å². The molecule has 0 aliphatic carbocycles. The second-order valence-electron chi connectivity index (χ2n) is 6.45. The van der Waals surface area contributed by atoms with Gasteiger partial charge in [0.1, 0.15) is 22.2 Å². The van der Waals surface area contributed by atoms with Gasteiger partial charge in [0.25, 0.3) is 5.91 Å². The first-order valence-corrected chi connectivity index (χ1v) is 9.96. The van der Waals surface area contributed by atoms with Crippen LogP contribution in [0, 0.1) is 5.82 Å². The monoisotopic (exact) mass is 396 g/mol. The third-order valence-corrected chi connectivity index (χ3v) is 6.08. The number of hydrogen-bond acceptors (Lipinski definition) is 5. The number of nitrogens with zero attached hydrogens (tertiary/aromatic N) is 2. The van der Waals surface area contributed by atoms with Crippen LogP contribution in [0.4, 0.5) is 10.1 Å². The highest BCUT2D eigenvalue weighted by Gasteiger charge is 2.29. The molecule has 0 spiro atoms. The summed E-state index contributed by atoms with van der Waals surface area (Å²) in [7, 11) is -4.02. The van der Waals surface area contributed by atoms with Crippen LogP contribution in [0.15, 0.2) is 29.3 Å². The van der Waals surface area contributed by atoms with Gasteiger partial charge in [-0.2, -0.15) is 4.31 Å². The van der Waals surface area contributed by atoms with Crippen molar-refractivity contribution in [1.29, 1.82) is 0 Å². The molecule has 1 aliphatic heterocycles. The number of ether oxygens (including phenoxy) is 1. The van der Waals surface area contributed by atoms with E-state index in [0.29, 0.717) is 5.82 Å². The highest BCUT2D eigenvalue weighted by Crippen LogP contribution is 2.24. The molecule has 146 valence electrons. The fraction of sp³-hybridized carbons (Fsp3) is 0.412. The van der Waals surface area contributed by atoms with Gasteiger partial charge in [-0.3, -0.25) is 4.79 Å². The Kier molecular flexibility index (Phi) is 5.59. The van der Waals surface area contributed by atoms with Crippen molar-refractivity contribution >= 4 is 21.6 Å². The largest absolute Gasteiger partial charge is 0.379 e. The van der Waals surface area contributed by atoms with E-state index in [-0.39, 0.29) is 43.6 Å². The average Bonchev–Trinajstić information content (AvgIpc) is 3.14. The predicted molar refractivity (Wildman–Crippen MR) is 96.6 cm³/mol. The Balaban J connectivity index is 1.83. The lowest BCUT2D eigenvalue weighted by Gasteiger charge is -2.26. The molecular weight excluding hydrogens is 375 g/mol. The van der Waals surface area contributed by atoms with Crippen molar-refractivity contribution in [3.05, 3.63) is 41.7 Å². The van der Waals surface area contributed by atoms with E-state index >= 15 is 0 Å². The maximum absolute atomic E-state index is 14.2. The second-order valence-corrected chi connectivity index (χ2v) is 8.36.